The summed E-state index contributed by atoms with van der Waals surface area (Å²) in [6.45, 7) is 0.445. The summed E-state index contributed by atoms with van der Waals surface area (Å²) in [6, 6.07) is 2.89. The van der Waals surface area contributed by atoms with E-state index >= 15 is 0 Å². The Bertz CT molecular complexity index is 594. The predicted octanol–water partition coefficient (Wildman–Crippen LogP) is 3.83. The Balaban J connectivity index is 2.61. The monoisotopic (exact) mass is 293 g/mol. The second-order valence-corrected chi connectivity index (χ2v) is 4.91. The third-order valence-corrected chi connectivity index (χ3v) is 3.57. The van der Waals surface area contributed by atoms with E-state index in [2.05, 4.69) is 5.32 Å². The van der Waals surface area contributed by atoms with E-state index in [1.54, 1.807) is 13.1 Å². The molecule has 0 amide bonds. The molecule has 2 rings (SSSR count). The molecule has 0 fully saturated rings. The Kier molecular flexibility index (Phi) is 3.86. The fourth-order valence-electron chi connectivity index (χ4n) is 1.60. The molecule has 0 radical (unpaired) electrons. The van der Waals surface area contributed by atoms with Crippen molar-refractivity contribution >= 4 is 11.3 Å². The quantitative estimate of drug-likeness (QED) is 0.515. The van der Waals surface area contributed by atoms with Gasteiger partial charge in [0.25, 0.3) is 0 Å². The lowest BCUT2D eigenvalue weighted by Crippen LogP contribution is -2.03. The molecule has 102 valence electrons. The standard InChI is InChI=1S/C12H8F5NS/c1-18-4-5-2-3-6(19-5)7-8(13)10(15)12(17)11(16)9(7)14/h2-3,18H,4H2,1H3. The van der Waals surface area contributed by atoms with Crippen LogP contribution in [0.3, 0.4) is 0 Å². The van der Waals surface area contributed by atoms with Gasteiger partial charge in [0.1, 0.15) is 0 Å². The molecule has 1 heterocycles. The number of rotatable bonds is 3. The Labute approximate surface area is 109 Å². The van der Waals surface area contributed by atoms with E-state index in [0.29, 0.717) is 6.54 Å². The van der Waals surface area contributed by atoms with E-state index in [0.717, 1.165) is 16.2 Å². The topological polar surface area (TPSA) is 12.0 Å². The van der Waals surface area contributed by atoms with Crippen LogP contribution in [0.2, 0.25) is 0 Å². The van der Waals surface area contributed by atoms with Crippen LogP contribution in [-0.4, -0.2) is 7.05 Å². The maximum Gasteiger partial charge on any atom is 0.200 e. The van der Waals surface area contributed by atoms with Crippen LogP contribution < -0.4 is 5.32 Å². The Morgan fingerprint density at radius 3 is 1.95 bits per heavy atom. The molecule has 1 aromatic carbocycles. The van der Waals surface area contributed by atoms with Crippen LogP contribution in [0.15, 0.2) is 12.1 Å². The molecular weight excluding hydrogens is 285 g/mol. The molecule has 7 heteroatoms. The summed E-state index contributed by atoms with van der Waals surface area (Å²) >= 11 is 0.964. The van der Waals surface area contributed by atoms with E-state index in [1.807, 2.05) is 0 Å². The van der Waals surface area contributed by atoms with Crippen LogP contribution >= 0.6 is 11.3 Å². The van der Waals surface area contributed by atoms with Gasteiger partial charge in [0.2, 0.25) is 5.82 Å². The second-order valence-electron chi connectivity index (χ2n) is 3.74. The van der Waals surface area contributed by atoms with Crippen molar-refractivity contribution in [2.24, 2.45) is 0 Å². The minimum atomic E-state index is -2.15. The van der Waals surface area contributed by atoms with Crippen molar-refractivity contribution in [3.05, 3.63) is 46.1 Å². The Morgan fingerprint density at radius 1 is 0.895 bits per heavy atom. The van der Waals surface area contributed by atoms with Crippen molar-refractivity contribution in [2.75, 3.05) is 7.05 Å². The highest BCUT2D eigenvalue weighted by Crippen LogP contribution is 2.35. The van der Waals surface area contributed by atoms with Crippen molar-refractivity contribution in [1.29, 1.82) is 0 Å². The van der Waals surface area contributed by atoms with Gasteiger partial charge in [-0.2, -0.15) is 0 Å². The molecule has 1 nitrogen and oxygen atoms in total. The highest BCUT2D eigenvalue weighted by molar-refractivity contribution is 7.15. The SMILES string of the molecule is CNCc1ccc(-c2c(F)c(F)c(F)c(F)c2F)s1. The molecule has 0 saturated heterocycles. The van der Waals surface area contributed by atoms with E-state index in [1.165, 1.54) is 6.07 Å². The third-order valence-electron chi connectivity index (χ3n) is 2.47. The third kappa shape index (κ3) is 2.35. The van der Waals surface area contributed by atoms with Crippen molar-refractivity contribution in [3.8, 4) is 10.4 Å². The molecule has 0 bridgehead atoms. The molecule has 1 aromatic heterocycles. The summed E-state index contributed by atoms with van der Waals surface area (Å²) in [4.78, 5) is 0.722. The lowest BCUT2D eigenvalue weighted by atomic mass is 10.1. The van der Waals surface area contributed by atoms with E-state index in [4.69, 9.17) is 0 Å². The summed E-state index contributed by atoms with van der Waals surface area (Å²) in [5, 5.41) is 2.82. The summed E-state index contributed by atoms with van der Waals surface area (Å²) in [5.41, 5.74) is -0.885. The number of thiophene rings is 1. The smallest absolute Gasteiger partial charge is 0.200 e. The number of hydrogen-bond acceptors (Lipinski definition) is 2. The molecule has 0 spiro atoms. The molecule has 19 heavy (non-hydrogen) atoms. The lowest BCUT2D eigenvalue weighted by Gasteiger charge is -2.06. The first-order chi connectivity index (χ1) is 8.97. The van der Waals surface area contributed by atoms with Crippen LogP contribution in [0.1, 0.15) is 4.88 Å². The first kappa shape index (κ1) is 14.0. The van der Waals surface area contributed by atoms with Crippen molar-refractivity contribution in [1.82, 2.24) is 5.32 Å². The van der Waals surface area contributed by atoms with Crippen molar-refractivity contribution < 1.29 is 22.0 Å². The molecule has 0 atom stereocenters. The van der Waals surface area contributed by atoms with E-state index in [9.17, 15) is 22.0 Å². The van der Waals surface area contributed by atoms with Crippen molar-refractivity contribution in [2.45, 2.75) is 6.54 Å². The fraction of sp³-hybridized carbons (Fsp3) is 0.167. The minimum absolute atomic E-state index is 0.00181. The van der Waals surface area contributed by atoms with Crippen LogP contribution in [0, 0.1) is 29.1 Å². The normalized spacial score (nSPS) is 11.1. The van der Waals surface area contributed by atoms with Gasteiger partial charge < -0.3 is 5.32 Å². The summed E-state index contributed by atoms with van der Waals surface area (Å²) < 4.78 is 66.2. The zero-order valence-corrected chi connectivity index (χ0v) is 10.5. The van der Waals surface area contributed by atoms with Gasteiger partial charge in [0, 0.05) is 16.3 Å². The van der Waals surface area contributed by atoms with Gasteiger partial charge in [-0.25, -0.2) is 22.0 Å². The average Bonchev–Trinajstić information content (AvgIpc) is 2.83. The van der Waals surface area contributed by atoms with Gasteiger partial charge in [0.15, 0.2) is 23.3 Å². The largest absolute Gasteiger partial charge is 0.315 e. The second kappa shape index (κ2) is 5.26. The first-order valence-electron chi connectivity index (χ1n) is 5.22. The predicted molar refractivity (Wildman–Crippen MR) is 62.3 cm³/mol. The van der Waals surface area contributed by atoms with Gasteiger partial charge in [-0.3, -0.25) is 0 Å². The van der Waals surface area contributed by atoms with E-state index in [-0.39, 0.29) is 4.88 Å². The number of halogens is 5. The minimum Gasteiger partial charge on any atom is -0.315 e. The summed E-state index contributed by atoms with van der Waals surface area (Å²) in [7, 11) is 1.68. The van der Waals surface area contributed by atoms with Gasteiger partial charge in [-0.15, -0.1) is 11.3 Å². The number of hydrogen-bond donors (Lipinski definition) is 1. The van der Waals surface area contributed by atoms with Gasteiger partial charge in [0.05, 0.1) is 5.56 Å². The molecule has 0 aliphatic carbocycles. The highest BCUT2D eigenvalue weighted by Gasteiger charge is 2.27. The molecule has 0 aliphatic rings. The lowest BCUT2D eigenvalue weighted by molar-refractivity contribution is 0.381. The molecule has 0 aliphatic heterocycles. The molecule has 1 N–H and O–H groups in total. The molecule has 0 saturated carbocycles. The maximum atomic E-state index is 13.6. The van der Waals surface area contributed by atoms with Crippen LogP contribution in [0.5, 0.6) is 0 Å². The zero-order valence-electron chi connectivity index (χ0n) is 9.66. The zero-order chi connectivity index (χ0) is 14.2. The Hall–Kier alpha value is -1.47. The highest BCUT2D eigenvalue weighted by atomic mass is 32.1. The van der Waals surface area contributed by atoms with Crippen LogP contribution in [-0.2, 0) is 6.54 Å². The summed E-state index contributed by atoms with van der Waals surface area (Å²) in [5.74, 6) is -9.63. The van der Waals surface area contributed by atoms with Gasteiger partial charge >= 0.3 is 0 Å². The fourth-order valence-corrected chi connectivity index (χ4v) is 2.66. The average molecular weight is 293 g/mol. The van der Waals surface area contributed by atoms with Crippen LogP contribution in [0.25, 0.3) is 10.4 Å². The number of nitrogens with one attached hydrogen (secondary N) is 1. The summed E-state index contributed by atoms with van der Waals surface area (Å²) in [6.07, 6.45) is 0. The van der Waals surface area contributed by atoms with Gasteiger partial charge in [-0.1, -0.05) is 0 Å². The maximum absolute atomic E-state index is 13.6. The molecule has 0 unspecified atom stereocenters. The Morgan fingerprint density at radius 2 is 1.42 bits per heavy atom. The van der Waals surface area contributed by atoms with Crippen molar-refractivity contribution in [3.63, 3.8) is 0 Å². The van der Waals surface area contributed by atoms with E-state index < -0.39 is 34.6 Å². The van der Waals surface area contributed by atoms with Crippen LogP contribution in [0.4, 0.5) is 22.0 Å². The molecular formula is C12H8F5NS. The number of benzene rings is 1. The molecule has 2 aromatic rings. The van der Waals surface area contributed by atoms with Gasteiger partial charge in [-0.05, 0) is 19.2 Å². The first-order valence-corrected chi connectivity index (χ1v) is 6.04.